The van der Waals surface area contributed by atoms with Crippen LogP contribution in [-0.2, 0) is 6.54 Å². The molecule has 0 aliphatic heterocycles. The lowest BCUT2D eigenvalue weighted by atomic mass is 10.2. The Balaban J connectivity index is 1.77. The highest BCUT2D eigenvalue weighted by Gasteiger charge is 2.09. The highest BCUT2D eigenvalue weighted by atomic mass is 32.1. The van der Waals surface area contributed by atoms with E-state index in [-0.39, 0.29) is 5.91 Å². The molecule has 0 fully saturated rings. The summed E-state index contributed by atoms with van der Waals surface area (Å²) in [4.78, 5) is 16.1. The Hall–Kier alpha value is -2.41. The summed E-state index contributed by atoms with van der Waals surface area (Å²) in [6.07, 6.45) is 1.54. The van der Waals surface area contributed by atoms with Gasteiger partial charge in [-0.2, -0.15) is 0 Å². The van der Waals surface area contributed by atoms with Crippen LogP contribution in [0.5, 0.6) is 0 Å². The maximum Gasteiger partial charge on any atom is 0.251 e. The van der Waals surface area contributed by atoms with E-state index in [2.05, 4.69) is 15.5 Å². The number of nitrogens with two attached hydrogens (primary N) is 1. The highest BCUT2D eigenvalue weighted by Crippen LogP contribution is 2.24. The lowest BCUT2D eigenvalue weighted by Gasteiger charge is -2.02. The zero-order valence-electron chi connectivity index (χ0n) is 9.79. The maximum absolute atomic E-state index is 12.0. The van der Waals surface area contributed by atoms with Gasteiger partial charge in [0.25, 0.3) is 5.91 Å². The van der Waals surface area contributed by atoms with Crippen molar-refractivity contribution < 1.29 is 9.32 Å². The first-order valence-electron chi connectivity index (χ1n) is 5.56. The van der Waals surface area contributed by atoms with Crippen molar-refractivity contribution in [2.24, 2.45) is 0 Å². The Kier molecular flexibility index (Phi) is 2.88. The number of aromatic nitrogens is 2. The van der Waals surface area contributed by atoms with Gasteiger partial charge in [0.2, 0.25) is 0 Å². The van der Waals surface area contributed by atoms with E-state index in [0.717, 1.165) is 10.2 Å². The Bertz CT molecular complexity index is 720. The van der Waals surface area contributed by atoms with Gasteiger partial charge in [0, 0.05) is 11.6 Å². The molecule has 2 heterocycles. The topological polar surface area (TPSA) is 94.0 Å². The molecule has 0 saturated carbocycles. The molecule has 3 aromatic rings. The number of nitrogens with zero attached hydrogens (tertiary/aromatic N) is 2. The van der Waals surface area contributed by atoms with E-state index in [9.17, 15) is 4.79 Å². The number of carbonyl (C=O) groups excluding carboxylic acids is 1. The van der Waals surface area contributed by atoms with Crippen LogP contribution in [0, 0.1) is 0 Å². The van der Waals surface area contributed by atoms with Crippen molar-refractivity contribution in [3.8, 4) is 0 Å². The monoisotopic (exact) mass is 274 g/mol. The summed E-state index contributed by atoms with van der Waals surface area (Å²) in [7, 11) is 0. The Morgan fingerprint density at radius 1 is 1.42 bits per heavy atom. The van der Waals surface area contributed by atoms with Crippen LogP contribution in [0.15, 0.2) is 35.0 Å². The minimum Gasteiger partial charge on any atom is -0.375 e. The van der Waals surface area contributed by atoms with Gasteiger partial charge in [-0.1, -0.05) is 16.5 Å². The molecule has 3 N–H and O–H groups in total. The number of hydrogen-bond donors (Lipinski definition) is 2. The molecule has 19 heavy (non-hydrogen) atoms. The largest absolute Gasteiger partial charge is 0.375 e. The molecule has 3 rings (SSSR count). The molecule has 1 amide bonds. The molecular weight excluding hydrogens is 264 g/mol. The van der Waals surface area contributed by atoms with Crippen LogP contribution >= 0.6 is 11.3 Å². The molecule has 7 heteroatoms. The molecule has 1 aromatic carbocycles. The van der Waals surface area contributed by atoms with Gasteiger partial charge in [-0.15, -0.1) is 0 Å². The van der Waals surface area contributed by atoms with Crippen molar-refractivity contribution in [2.75, 3.05) is 5.73 Å². The Morgan fingerprint density at radius 3 is 3.11 bits per heavy atom. The van der Waals surface area contributed by atoms with Crippen molar-refractivity contribution in [1.29, 1.82) is 0 Å². The second-order valence-electron chi connectivity index (χ2n) is 3.90. The van der Waals surface area contributed by atoms with Crippen LogP contribution in [-0.4, -0.2) is 16.0 Å². The third-order valence-electron chi connectivity index (χ3n) is 2.58. The molecule has 0 aliphatic carbocycles. The third-order valence-corrected chi connectivity index (χ3v) is 3.43. The number of benzene rings is 1. The van der Waals surface area contributed by atoms with Gasteiger partial charge < -0.3 is 15.6 Å². The first-order chi connectivity index (χ1) is 9.22. The van der Waals surface area contributed by atoms with E-state index < -0.39 is 0 Å². The van der Waals surface area contributed by atoms with E-state index in [4.69, 9.17) is 10.3 Å². The van der Waals surface area contributed by atoms with Crippen molar-refractivity contribution in [3.63, 3.8) is 0 Å². The van der Waals surface area contributed by atoms with Crippen LogP contribution in [0.2, 0.25) is 0 Å². The summed E-state index contributed by atoms with van der Waals surface area (Å²) < 4.78 is 5.80. The van der Waals surface area contributed by atoms with Gasteiger partial charge in [-0.05, 0) is 18.2 Å². The van der Waals surface area contributed by atoms with Gasteiger partial charge >= 0.3 is 0 Å². The number of rotatable bonds is 3. The summed E-state index contributed by atoms with van der Waals surface area (Å²) in [6.45, 7) is 0.307. The first-order valence-corrected chi connectivity index (χ1v) is 6.38. The average molecular weight is 274 g/mol. The summed E-state index contributed by atoms with van der Waals surface area (Å²) >= 11 is 1.36. The van der Waals surface area contributed by atoms with Crippen LogP contribution in [0.3, 0.4) is 0 Å². The summed E-state index contributed by atoms with van der Waals surface area (Å²) in [6, 6.07) is 6.98. The zero-order chi connectivity index (χ0) is 13.2. The molecule has 2 aromatic heterocycles. The number of thiazole rings is 1. The normalized spacial score (nSPS) is 10.7. The molecule has 0 aliphatic rings. The van der Waals surface area contributed by atoms with Crippen LogP contribution in [0.1, 0.15) is 16.1 Å². The van der Waals surface area contributed by atoms with Crippen molar-refractivity contribution in [3.05, 3.63) is 41.8 Å². The predicted molar refractivity (Wildman–Crippen MR) is 71.7 cm³/mol. The maximum atomic E-state index is 12.0. The fourth-order valence-electron chi connectivity index (χ4n) is 1.69. The number of anilines is 1. The van der Waals surface area contributed by atoms with E-state index >= 15 is 0 Å². The lowest BCUT2D eigenvalue weighted by Crippen LogP contribution is -2.22. The molecular formula is C12H10N4O2S. The number of hydrogen-bond acceptors (Lipinski definition) is 6. The van der Waals surface area contributed by atoms with Gasteiger partial charge in [0.15, 0.2) is 10.9 Å². The summed E-state index contributed by atoms with van der Waals surface area (Å²) in [5, 5.41) is 6.82. The minimum absolute atomic E-state index is 0.176. The average Bonchev–Trinajstić information content (AvgIpc) is 3.02. The fraction of sp³-hybridized carbons (Fsp3) is 0.0833. The summed E-state index contributed by atoms with van der Waals surface area (Å²) in [5.74, 6) is 0.432. The zero-order valence-corrected chi connectivity index (χ0v) is 10.6. The molecule has 0 spiro atoms. The second-order valence-corrected chi connectivity index (χ2v) is 4.96. The third kappa shape index (κ3) is 2.41. The molecule has 6 nitrogen and oxygen atoms in total. The van der Waals surface area contributed by atoms with Crippen LogP contribution in [0.4, 0.5) is 5.13 Å². The van der Waals surface area contributed by atoms with Gasteiger partial charge in [-0.25, -0.2) is 4.98 Å². The van der Waals surface area contributed by atoms with Crippen LogP contribution in [0.25, 0.3) is 10.2 Å². The number of carbonyl (C=O) groups is 1. The molecule has 96 valence electrons. The highest BCUT2D eigenvalue weighted by molar-refractivity contribution is 7.22. The molecule has 0 bridgehead atoms. The molecule has 0 radical (unpaired) electrons. The standard InChI is InChI=1S/C12H10N4O2S/c13-12-16-9-2-1-7(5-10(9)19-12)11(17)14-6-8-3-4-15-18-8/h1-5H,6H2,(H2,13,16)(H,14,17). The van der Waals surface area contributed by atoms with E-state index in [1.165, 1.54) is 17.5 Å². The quantitative estimate of drug-likeness (QED) is 0.759. The van der Waals surface area contributed by atoms with E-state index in [1.807, 2.05) is 0 Å². The van der Waals surface area contributed by atoms with Crippen molar-refractivity contribution in [1.82, 2.24) is 15.5 Å². The SMILES string of the molecule is Nc1nc2ccc(C(=O)NCc3ccno3)cc2s1. The van der Waals surface area contributed by atoms with E-state index in [1.54, 1.807) is 24.3 Å². The van der Waals surface area contributed by atoms with Crippen molar-refractivity contribution >= 4 is 32.6 Å². The molecule has 0 unspecified atom stereocenters. The number of amides is 1. The van der Waals surface area contributed by atoms with E-state index in [0.29, 0.717) is 23.0 Å². The summed E-state index contributed by atoms with van der Waals surface area (Å²) in [5.41, 5.74) is 6.99. The van der Waals surface area contributed by atoms with Crippen LogP contribution < -0.4 is 11.1 Å². The molecule has 0 atom stereocenters. The number of nitrogen functional groups attached to an aromatic ring is 1. The molecule has 0 saturated heterocycles. The van der Waals surface area contributed by atoms with Gasteiger partial charge in [0.1, 0.15) is 0 Å². The van der Waals surface area contributed by atoms with Gasteiger partial charge in [-0.3, -0.25) is 4.79 Å². The fourth-order valence-corrected chi connectivity index (χ4v) is 2.46. The first kappa shape index (κ1) is 11.7. The number of nitrogens with one attached hydrogen (secondary N) is 1. The predicted octanol–water partition coefficient (Wildman–Crippen LogP) is 1.80. The smallest absolute Gasteiger partial charge is 0.251 e. The number of fused-ring (bicyclic) bond motifs is 1. The van der Waals surface area contributed by atoms with Gasteiger partial charge in [0.05, 0.1) is 23.0 Å². The van der Waals surface area contributed by atoms with Crippen molar-refractivity contribution in [2.45, 2.75) is 6.54 Å². The lowest BCUT2D eigenvalue weighted by molar-refractivity contribution is 0.0947. The minimum atomic E-state index is -0.176. The Labute approximate surface area is 112 Å². The second kappa shape index (κ2) is 4.69. The Morgan fingerprint density at radius 2 is 2.32 bits per heavy atom.